The molecule has 0 aliphatic carbocycles. The van der Waals surface area contributed by atoms with E-state index in [9.17, 15) is 13.2 Å². The number of carbonyl (C=O) groups excluding carboxylic acids is 1. The maximum atomic E-state index is 12.7. The molecule has 1 amide bonds. The van der Waals surface area contributed by atoms with Gasteiger partial charge in [0.25, 0.3) is 0 Å². The number of anilines is 2. The number of hydrogen-bond acceptors (Lipinski definition) is 3. The van der Waals surface area contributed by atoms with Gasteiger partial charge in [-0.2, -0.15) is 0 Å². The minimum atomic E-state index is -3.50. The first-order valence-electron chi connectivity index (χ1n) is 9.30. The number of benzene rings is 2. The van der Waals surface area contributed by atoms with Crippen molar-refractivity contribution in [2.24, 2.45) is 0 Å². The topological polar surface area (TPSA) is 57.7 Å². The summed E-state index contributed by atoms with van der Waals surface area (Å²) in [5.74, 6) is 0.0847. The van der Waals surface area contributed by atoms with Crippen LogP contribution in [-0.4, -0.2) is 26.6 Å². The van der Waals surface area contributed by atoms with Crippen LogP contribution < -0.4 is 9.21 Å². The molecule has 0 N–H and O–H groups in total. The van der Waals surface area contributed by atoms with Crippen LogP contribution in [0.3, 0.4) is 0 Å². The second-order valence-electron chi connectivity index (χ2n) is 7.07. The Morgan fingerprint density at radius 3 is 2.37 bits per heavy atom. The van der Waals surface area contributed by atoms with Crippen molar-refractivity contribution in [2.45, 2.75) is 45.2 Å². The highest BCUT2D eigenvalue weighted by molar-refractivity contribution is 7.92. The predicted octanol–water partition coefficient (Wildman–Crippen LogP) is 4.12. The Bertz CT molecular complexity index is 912. The van der Waals surface area contributed by atoms with Crippen molar-refractivity contribution in [1.29, 1.82) is 0 Å². The number of hydrogen-bond donors (Lipinski definition) is 0. The molecule has 0 fully saturated rings. The van der Waals surface area contributed by atoms with Crippen LogP contribution in [0.5, 0.6) is 0 Å². The standard InChI is InChI=1S/C21H26N2O3S/c1-4-10-21(24)22-16(2)15-20(18-13-8-9-14-19(18)22)23(27(3,25)26)17-11-6-5-7-12-17/h5-9,11-14,16,20H,4,10,15H2,1-3H3/t16-,20+/m1/s1. The van der Waals surface area contributed by atoms with Crippen molar-refractivity contribution in [3.8, 4) is 0 Å². The van der Waals surface area contributed by atoms with Gasteiger partial charge in [0.2, 0.25) is 15.9 Å². The Morgan fingerprint density at radius 1 is 1.11 bits per heavy atom. The Morgan fingerprint density at radius 2 is 1.74 bits per heavy atom. The molecule has 1 aliphatic rings. The van der Waals surface area contributed by atoms with E-state index in [-0.39, 0.29) is 18.0 Å². The van der Waals surface area contributed by atoms with E-state index in [2.05, 4.69) is 0 Å². The molecule has 2 aromatic carbocycles. The summed E-state index contributed by atoms with van der Waals surface area (Å²) in [5.41, 5.74) is 2.32. The summed E-state index contributed by atoms with van der Waals surface area (Å²) in [6.45, 7) is 3.98. The summed E-state index contributed by atoms with van der Waals surface area (Å²) in [6.07, 6.45) is 3.06. The third kappa shape index (κ3) is 3.86. The summed E-state index contributed by atoms with van der Waals surface area (Å²) >= 11 is 0. The van der Waals surface area contributed by atoms with Gasteiger partial charge < -0.3 is 4.90 Å². The van der Waals surface area contributed by atoms with Gasteiger partial charge in [-0.25, -0.2) is 8.42 Å². The van der Waals surface area contributed by atoms with E-state index in [4.69, 9.17) is 0 Å². The molecule has 0 aromatic heterocycles. The van der Waals surface area contributed by atoms with Gasteiger partial charge in [-0.3, -0.25) is 9.10 Å². The van der Waals surface area contributed by atoms with Gasteiger partial charge in [0.05, 0.1) is 18.0 Å². The van der Waals surface area contributed by atoms with Gasteiger partial charge in [-0.15, -0.1) is 0 Å². The molecule has 144 valence electrons. The number of carbonyl (C=O) groups is 1. The lowest BCUT2D eigenvalue weighted by molar-refractivity contribution is -0.119. The lowest BCUT2D eigenvalue weighted by atomic mass is 9.91. The molecule has 6 heteroatoms. The zero-order valence-electron chi connectivity index (χ0n) is 16.0. The highest BCUT2D eigenvalue weighted by atomic mass is 32.2. The van der Waals surface area contributed by atoms with Crippen molar-refractivity contribution in [1.82, 2.24) is 0 Å². The monoisotopic (exact) mass is 386 g/mol. The molecule has 0 saturated heterocycles. The molecule has 1 aliphatic heterocycles. The number of sulfonamides is 1. The molecule has 0 spiro atoms. The predicted molar refractivity (Wildman–Crippen MR) is 109 cm³/mol. The fraction of sp³-hybridized carbons (Fsp3) is 0.381. The highest BCUT2D eigenvalue weighted by Crippen LogP contribution is 2.43. The van der Waals surface area contributed by atoms with E-state index in [1.54, 1.807) is 0 Å². The van der Waals surface area contributed by atoms with E-state index in [1.165, 1.54) is 10.6 Å². The molecular weight excluding hydrogens is 360 g/mol. The average molecular weight is 387 g/mol. The Hall–Kier alpha value is -2.34. The second kappa shape index (κ2) is 7.72. The summed E-state index contributed by atoms with van der Waals surface area (Å²) in [5, 5.41) is 0. The van der Waals surface area contributed by atoms with Crippen molar-refractivity contribution in [3.63, 3.8) is 0 Å². The Kier molecular flexibility index (Phi) is 5.56. The lowest BCUT2D eigenvalue weighted by Gasteiger charge is -2.43. The second-order valence-corrected chi connectivity index (χ2v) is 8.93. The van der Waals surface area contributed by atoms with Crippen LogP contribution in [0.25, 0.3) is 0 Å². The SMILES string of the molecule is CCCC(=O)N1c2ccccc2[C@@H](N(c2ccccc2)S(C)(=O)=O)C[C@H]1C. The zero-order valence-corrected chi connectivity index (χ0v) is 16.8. The van der Waals surface area contributed by atoms with Gasteiger partial charge in [-0.1, -0.05) is 43.3 Å². The first-order valence-corrected chi connectivity index (χ1v) is 11.1. The normalized spacial score (nSPS) is 19.4. The summed E-state index contributed by atoms with van der Waals surface area (Å²) in [6, 6.07) is 16.4. The summed E-state index contributed by atoms with van der Waals surface area (Å²) in [7, 11) is -3.50. The minimum absolute atomic E-state index is 0.0847. The van der Waals surface area contributed by atoms with Crippen LogP contribution in [0.15, 0.2) is 54.6 Å². The molecule has 2 atom stereocenters. The maximum absolute atomic E-state index is 12.7. The van der Waals surface area contributed by atoms with Crippen LogP contribution >= 0.6 is 0 Å². The molecule has 0 saturated carbocycles. The number of fused-ring (bicyclic) bond motifs is 1. The molecule has 0 radical (unpaired) electrons. The molecule has 5 nitrogen and oxygen atoms in total. The van der Waals surface area contributed by atoms with Gasteiger partial charge in [-0.05, 0) is 43.5 Å². The molecule has 3 rings (SSSR count). The molecular formula is C21H26N2O3S. The first kappa shape index (κ1) is 19.4. The number of rotatable bonds is 5. The molecule has 2 aromatic rings. The highest BCUT2D eigenvalue weighted by Gasteiger charge is 2.38. The van der Waals surface area contributed by atoms with Crippen LogP contribution in [0.2, 0.25) is 0 Å². The van der Waals surface area contributed by atoms with E-state index >= 15 is 0 Å². The fourth-order valence-electron chi connectivity index (χ4n) is 3.90. The van der Waals surface area contributed by atoms with Crippen molar-refractivity contribution >= 4 is 27.3 Å². The van der Waals surface area contributed by atoms with Crippen LogP contribution in [-0.2, 0) is 14.8 Å². The average Bonchev–Trinajstić information content (AvgIpc) is 2.62. The maximum Gasteiger partial charge on any atom is 0.232 e. The van der Waals surface area contributed by atoms with Gasteiger partial charge >= 0.3 is 0 Å². The quantitative estimate of drug-likeness (QED) is 0.777. The number of amides is 1. The van der Waals surface area contributed by atoms with E-state index < -0.39 is 10.0 Å². The number of nitrogens with zero attached hydrogens (tertiary/aromatic N) is 2. The van der Waals surface area contributed by atoms with Gasteiger partial charge in [0, 0.05) is 18.2 Å². The first-order chi connectivity index (χ1) is 12.8. The summed E-state index contributed by atoms with van der Waals surface area (Å²) < 4.78 is 26.9. The van der Waals surface area contributed by atoms with Crippen LogP contribution in [0.1, 0.15) is 44.7 Å². The van der Waals surface area contributed by atoms with Crippen molar-refractivity contribution in [2.75, 3.05) is 15.5 Å². The van der Waals surface area contributed by atoms with E-state index in [1.807, 2.05) is 73.3 Å². The van der Waals surface area contributed by atoms with E-state index in [0.717, 1.165) is 17.7 Å². The third-order valence-corrected chi connectivity index (χ3v) is 6.12. The van der Waals surface area contributed by atoms with Crippen molar-refractivity contribution < 1.29 is 13.2 Å². The molecule has 0 bridgehead atoms. The smallest absolute Gasteiger partial charge is 0.232 e. The van der Waals surface area contributed by atoms with E-state index in [0.29, 0.717) is 18.5 Å². The molecule has 1 heterocycles. The molecule has 27 heavy (non-hydrogen) atoms. The zero-order chi connectivity index (χ0) is 19.6. The van der Waals surface area contributed by atoms with Gasteiger partial charge in [0.1, 0.15) is 0 Å². The lowest BCUT2D eigenvalue weighted by Crippen LogP contribution is -2.47. The Balaban J connectivity index is 2.13. The van der Waals surface area contributed by atoms with Crippen LogP contribution in [0.4, 0.5) is 11.4 Å². The third-order valence-electron chi connectivity index (χ3n) is 4.94. The van der Waals surface area contributed by atoms with Crippen LogP contribution in [0, 0.1) is 0 Å². The van der Waals surface area contributed by atoms with Gasteiger partial charge in [0.15, 0.2) is 0 Å². The fourth-order valence-corrected chi connectivity index (χ4v) is 5.06. The minimum Gasteiger partial charge on any atom is -0.309 e. The van der Waals surface area contributed by atoms with Crippen molar-refractivity contribution in [3.05, 3.63) is 60.2 Å². The summed E-state index contributed by atoms with van der Waals surface area (Å²) in [4.78, 5) is 14.5. The molecule has 0 unspecified atom stereocenters. The number of para-hydroxylation sites is 2. The Labute approximate surface area is 161 Å². The largest absolute Gasteiger partial charge is 0.309 e.